The molecule has 6 heteroatoms. The second-order valence-electron chi connectivity index (χ2n) is 7.08. The Labute approximate surface area is 166 Å². The van der Waals surface area contributed by atoms with Gasteiger partial charge in [0.2, 0.25) is 0 Å². The third-order valence-corrected chi connectivity index (χ3v) is 4.88. The van der Waals surface area contributed by atoms with Gasteiger partial charge in [-0.2, -0.15) is 0 Å². The van der Waals surface area contributed by atoms with Gasteiger partial charge in [-0.25, -0.2) is 0 Å². The number of hydrogen-bond donors (Lipinski definition) is 1. The van der Waals surface area contributed by atoms with Crippen LogP contribution in [0.25, 0.3) is 0 Å². The van der Waals surface area contributed by atoms with Crippen molar-refractivity contribution in [2.75, 3.05) is 33.2 Å². The first-order valence-corrected chi connectivity index (χ1v) is 9.59. The molecule has 1 aliphatic rings. The van der Waals surface area contributed by atoms with E-state index in [1.807, 2.05) is 59.5 Å². The molecule has 1 saturated heterocycles. The highest BCUT2D eigenvalue weighted by Gasteiger charge is 2.20. The fourth-order valence-electron chi connectivity index (χ4n) is 3.05. The summed E-state index contributed by atoms with van der Waals surface area (Å²) in [6.07, 6.45) is -0.583. The lowest BCUT2D eigenvalue weighted by Gasteiger charge is -2.32. The molecule has 148 valence electrons. The van der Waals surface area contributed by atoms with E-state index in [4.69, 9.17) is 4.74 Å². The molecular weight excluding hydrogens is 354 g/mol. The molecule has 1 unspecified atom stereocenters. The number of carbonyl (C=O) groups excluding carboxylic acids is 2. The predicted octanol–water partition coefficient (Wildman–Crippen LogP) is 2.16. The van der Waals surface area contributed by atoms with E-state index in [0.29, 0.717) is 17.9 Å². The zero-order valence-electron chi connectivity index (χ0n) is 16.4. The molecule has 0 aromatic heterocycles. The highest BCUT2D eigenvalue weighted by molar-refractivity contribution is 5.94. The quantitative estimate of drug-likeness (QED) is 0.833. The fraction of sp³-hybridized carbons (Fsp3) is 0.364. The van der Waals surface area contributed by atoms with Crippen LogP contribution < -0.4 is 10.1 Å². The van der Waals surface area contributed by atoms with E-state index < -0.39 is 6.10 Å². The van der Waals surface area contributed by atoms with Gasteiger partial charge in [0.05, 0.1) is 0 Å². The molecule has 2 aromatic carbocycles. The molecular formula is C22H27N3O3. The van der Waals surface area contributed by atoms with Crippen molar-refractivity contribution in [3.63, 3.8) is 0 Å². The van der Waals surface area contributed by atoms with Gasteiger partial charge in [-0.1, -0.05) is 30.3 Å². The average molecular weight is 381 g/mol. The Morgan fingerprint density at radius 3 is 2.29 bits per heavy atom. The normalized spacial score (nSPS) is 15.7. The Hall–Kier alpha value is -2.86. The van der Waals surface area contributed by atoms with Crippen molar-refractivity contribution in [2.24, 2.45) is 0 Å². The maximum Gasteiger partial charge on any atom is 0.261 e. The Morgan fingerprint density at radius 1 is 1.00 bits per heavy atom. The van der Waals surface area contributed by atoms with E-state index in [1.54, 1.807) is 6.92 Å². The van der Waals surface area contributed by atoms with Crippen LogP contribution in [-0.2, 0) is 11.3 Å². The molecule has 1 aliphatic heterocycles. The SMILES string of the molecule is CC(Oc1ccccc1)C(=O)NCc1ccc(C(=O)N2CCN(C)CC2)cc1. The average Bonchev–Trinajstić information content (AvgIpc) is 2.73. The molecule has 28 heavy (non-hydrogen) atoms. The van der Waals surface area contributed by atoms with Crippen LogP contribution in [0, 0.1) is 0 Å². The molecule has 0 bridgehead atoms. The van der Waals surface area contributed by atoms with Crippen molar-refractivity contribution in [2.45, 2.75) is 19.6 Å². The number of ether oxygens (including phenoxy) is 1. The molecule has 0 saturated carbocycles. The molecule has 1 N–H and O–H groups in total. The number of benzene rings is 2. The first-order valence-electron chi connectivity index (χ1n) is 9.59. The number of amides is 2. The number of nitrogens with one attached hydrogen (secondary N) is 1. The molecule has 1 fully saturated rings. The summed E-state index contributed by atoms with van der Waals surface area (Å²) in [4.78, 5) is 28.9. The molecule has 0 spiro atoms. The van der Waals surface area contributed by atoms with Gasteiger partial charge >= 0.3 is 0 Å². The van der Waals surface area contributed by atoms with Crippen LogP contribution in [0.2, 0.25) is 0 Å². The molecule has 6 nitrogen and oxygen atoms in total. The minimum absolute atomic E-state index is 0.0635. The van der Waals surface area contributed by atoms with Gasteiger partial charge in [-0.05, 0) is 43.8 Å². The Bertz CT molecular complexity index is 784. The summed E-state index contributed by atoms with van der Waals surface area (Å²) in [5.41, 5.74) is 1.62. The maximum absolute atomic E-state index is 12.6. The van der Waals surface area contributed by atoms with Gasteiger partial charge in [0, 0.05) is 38.3 Å². The first-order chi connectivity index (χ1) is 13.5. The standard InChI is InChI=1S/C22H27N3O3/c1-17(28-20-6-4-3-5-7-20)21(26)23-16-18-8-10-19(11-9-18)22(27)25-14-12-24(2)13-15-25/h3-11,17H,12-16H2,1-2H3,(H,23,26). The van der Waals surface area contributed by atoms with E-state index in [0.717, 1.165) is 31.7 Å². The molecule has 3 rings (SSSR count). The van der Waals surface area contributed by atoms with Gasteiger partial charge in [-0.3, -0.25) is 9.59 Å². The van der Waals surface area contributed by atoms with Gasteiger partial charge in [0.1, 0.15) is 5.75 Å². The molecule has 2 aromatic rings. The lowest BCUT2D eigenvalue weighted by atomic mass is 10.1. The summed E-state index contributed by atoms with van der Waals surface area (Å²) in [5.74, 6) is 0.548. The van der Waals surface area contributed by atoms with E-state index in [2.05, 4.69) is 17.3 Å². The predicted molar refractivity (Wildman–Crippen MR) is 108 cm³/mol. The zero-order valence-corrected chi connectivity index (χ0v) is 16.4. The molecule has 1 heterocycles. The van der Waals surface area contributed by atoms with Crippen molar-refractivity contribution in [1.29, 1.82) is 0 Å². The van der Waals surface area contributed by atoms with Gasteiger partial charge in [-0.15, -0.1) is 0 Å². The fourth-order valence-corrected chi connectivity index (χ4v) is 3.05. The summed E-state index contributed by atoms with van der Waals surface area (Å²) in [6, 6.07) is 16.7. The number of nitrogens with zero attached hydrogens (tertiary/aromatic N) is 2. The Balaban J connectivity index is 1.48. The smallest absolute Gasteiger partial charge is 0.261 e. The number of likely N-dealkylation sites (N-methyl/N-ethyl adjacent to an activating group) is 1. The molecule has 0 aliphatic carbocycles. The third-order valence-electron chi connectivity index (χ3n) is 4.88. The number of rotatable bonds is 6. The van der Waals surface area contributed by atoms with E-state index >= 15 is 0 Å². The number of para-hydroxylation sites is 1. The topological polar surface area (TPSA) is 61.9 Å². The zero-order chi connectivity index (χ0) is 19.9. The summed E-state index contributed by atoms with van der Waals surface area (Å²) in [7, 11) is 2.07. The Kier molecular flexibility index (Phi) is 6.66. The van der Waals surface area contributed by atoms with Crippen molar-refractivity contribution in [1.82, 2.24) is 15.1 Å². The van der Waals surface area contributed by atoms with Gasteiger partial charge < -0.3 is 19.9 Å². The lowest BCUT2D eigenvalue weighted by Crippen LogP contribution is -2.47. The summed E-state index contributed by atoms with van der Waals surface area (Å²) >= 11 is 0. The summed E-state index contributed by atoms with van der Waals surface area (Å²) in [5, 5.41) is 2.87. The van der Waals surface area contributed by atoms with Crippen LogP contribution >= 0.6 is 0 Å². The number of piperazine rings is 1. The van der Waals surface area contributed by atoms with Crippen molar-refractivity contribution < 1.29 is 14.3 Å². The summed E-state index contributed by atoms with van der Waals surface area (Å²) < 4.78 is 5.62. The second-order valence-corrected chi connectivity index (χ2v) is 7.08. The lowest BCUT2D eigenvalue weighted by molar-refractivity contribution is -0.127. The van der Waals surface area contributed by atoms with E-state index in [9.17, 15) is 9.59 Å². The van der Waals surface area contributed by atoms with Gasteiger partial charge in [0.15, 0.2) is 6.10 Å². The molecule has 1 atom stereocenters. The monoisotopic (exact) mass is 381 g/mol. The van der Waals surface area contributed by atoms with E-state index in [-0.39, 0.29) is 11.8 Å². The van der Waals surface area contributed by atoms with Crippen LogP contribution in [0.15, 0.2) is 54.6 Å². The highest BCUT2D eigenvalue weighted by atomic mass is 16.5. The van der Waals surface area contributed by atoms with Gasteiger partial charge in [0.25, 0.3) is 11.8 Å². The molecule has 0 radical (unpaired) electrons. The largest absolute Gasteiger partial charge is 0.481 e. The number of hydrogen-bond acceptors (Lipinski definition) is 4. The van der Waals surface area contributed by atoms with Crippen LogP contribution in [0.4, 0.5) is 0 Å². The third kappa shape index (κ3) is 5.33. The molecule has 2 amide bonds. The number of carbonyl (C=O) groups is 2. The maximum atomic E-state index is 12.6. The Morgan fingerprint density at radius 2 is 1.64 bits per heavy atom. The van der Waals surface area contributed by atoms with Crippen LogP contribution in [0.5, 0.6) is 5.75 Å². The first kappa shape index (κ1) is 19.9. The van der Waals surface area contributed by atoms with Crippen molar-refractivity contribution in [3.8, 4) is 5.75 Å². The summed E-state index contributed by atoms with van der Waals surface area (Å²) in [6.45, 7) is 5.43. The minimum Gasteiger partial charge on any atom is -0.481 e. The van der Waals surface area contributed by atoms with Crippen molar-refractivity contribution >= 4 is 11.8 Å². The van der Waals surface area contributed by atoms with Crippen LogP contribution in [0.1, 0.15) is 22.8 Å². The van der Waals surface area contributed by atoms with Crippen LogP contribution in [0.3, 0.4) is 0 Å². The van der Waals surface area contributed by atoms with Crippen LogP contribution in [-0.4, -0.2) is 60.9 Å². The van der Waals surface area contributed by atoms with E-state index in [1.165, 1.54) is 0 Å². The minimum atomic E-state index is -0.583. The highest BCUT2D eigenvalue weighted by Crippen LogP contribution is 2.12. The van der Waals surface area contributed by atoms with Crippen molar-refractivity contribution in [3.05, 3.63) is 65.7 Å². The second kappa shape index (κ2) is 9.37.